The Bertz CT molecular complexity index is 823. The van der Waals surface area contributed by atoms with Crippen LogP contribution in [0.15, 0.2) is 64.8 Å². The fraction of sp³-hybridized carbons (Fsp3) is 0.0588. The minimum absolute atomic E-state index is 0.0992. The number of hydrogen-bond acceptors (Lipinski definition) is 3. The second kappa shape index (κ2) is 5.54. The van der Waals surface area contributed by atoms with E-state index in [4.69, 9.17) is 11.6 Å². The number of azo groups is 1. The zero-order chi connectivity index (χ0) is 14.8. The zero-order valence-electron chi connectivity index (χ0n) is 11.4. The van der Waals surface area contributed by atoms with Gasteiger partial charge in [0.2, 0.25) is 0 Å². The lowest BCUT2D eigenvalue weighted by molar-refractivity contribution is 0.477. The highest BCUT2D eigenvalue weighted by Gasteiger charge is 2.07. The predicted molar refractivity (Wildman–Crippen MR) is 86.0 cm³/mol. The van der Waals surface area contributed by atoms with Crippen molar-refractivity contribution < 1.29 is 5.11 Å². The van der Waals surface area contributed by atoms with E-state index in [1.54, 1.807) is 12.1 Å². The largest absolute Gasteiger partial charge is 0.506 e. The summed E-state index contributed by atoms with van der Waals surface area (Å²) in [5, 5.41) is 20.9. The molecule has 0 aliphatic rings. The van der Waals surface area contributed by atoms with Crippen molar-refractivity contribution in [3.05, 3.63) is 65.2 Å². The summed E-state index contributed by atoms with van der Waals surface area (Å²) in [4.78, 5) is 0. The third-order valence-electron chi connectivity index (χ3n) is 3.32. The minimum Gasteiger partial charge on any atom is -0.506 e. The van der Waals surface area contributed by atoms with Crippen molar-refractivity contribution in [1.29, 1.82) is 0 Å². The van der Waals surface area contributed by atoms with E-state index in [2.05, 4.69) is 10.2 Å². The van der Waals surface area contributed by atoms with Crippen molar-refractivity contribution in [3.8, 4) is 5.75 Å². The number of benzene rings is 3. The van der Waals surface area contributed by atoms with Crippen molar-refractivity contribution in [2.45, 2.75) is 6.92 Å². The third kappa shape index (κ3) is 2.60. The van der Waals surface area contributed by atoms with Crippen molar-refractivity contribution >= 4 is 33.7 Å². The molecule has 4 heteroatoms. The van der Waals surface area contributed by atoms with Crippen LogP contribution in [0.4, 0.5) is 11.4 Å². The highest BCUT2D eigenvalue weighted by atomic mass is 35.5. The first-order valence-electron chi connectivity index (χ1n) is 6.54. The maximum absolute atomic E-state index is 10.0. The van der Waals surface area contributed by atoms with Gasteiger partial charge in [-0.1, -0.05) is 54.1 Å². The van der Waals surface area contributed by atoms with Gasteiger partial charge in [-0.05, 0) is 30.0 Å². The molecule has 3 rings (SSSR count). The van der Waals surface area contributed by atoms with Crippen LogP contribution in [0, 0.1) is 6.92 Å². The van der Waals surface area contributed by atoms with Gasteiger partial charge in [-0.2, -0.15) is 0 Å². The SMILES string of the molecule is Cc1cccc(Cl)c1N=Nc1c(O)ccc2ccccc12. The molecule has 0 saturated heterocycles. The van der Waals surface area contributed by atoms with Gasteiger partial charge in [0.25, 0.3) is 0 Å². The average Bonchev–Trinajstić information content (AvgIpc) is 2.48. The minimum atomic E-state index is 0.0992. The van der Waals surface area contributed by atoms with Crippen LogP contribution < -0.4 is 0 Å². The molecule has 3 aromatic carbocycles. The van der Waals surface area contributed by atoms with E-state index in [0.29, 0.717) is 16.4 Å². The van der Waals surface area contributed by atoms with Crippen molar-refractivity contribution in [3.63, 3.8) is 0 Å². The molecule has 0 aliphatic carbocycles. The average molecular weight is 297 g/mol. The van der Waals surface area contributed by atoms with Gasteiger partial charge >= 0.3 is 0 Å². The van der Waals surface area contributed by atoms with E-state index in [-0.39, 0.29) is 5.75 Å². The highest BCUT2D eigenvalue weighted by Crippen LogP contribution is 2.37. The molecule has 1 N–H and O–H groups in total. The van der Waals surface area contributed by atoms with Gasteiger partial charge in [-0.3, -0.25) is 0 Å². The molecule has 0 saturated carbocycles. The molecule has 3 nitrogen and oxygen atoms in total. The lowest BCUT2D eigenvalue weighted by atomic mass is 10.1. The Morgan fingerprint density at radius 2 is 1.62 bits per heavy atom. The molecule has 0 unspecified atom stereocenters. The van der Waals surface area contributed by atoms with Crippen LogP contribution in [0.5, 0.6) is 5.75 Å². The van der Waals surface area contributed by atoms with Crippen molar-refractivity contribution in [2.75, 3.05) is 0 Å². The molecule has 0 amide bonds. The van der Waals surface area contributed by atoms with Crippen LogP contribution >= 0.6 is 11.6 Å². The Kier molecular flexibility index (Phi) is 3.59. The topological polar surface area (TPSA) is 45.0 Å². The Labute approximate surface area is 127 Å². The highest BCUT2D eigenvalue weighted by molar-refractivity contribution is 6.33. The van der Waals surface area contributed by atoms with E-state index in [9.17, 15) is 5.11 Å². The van der Waals surface area contributed by atoms with E-state index in [1.165, 1.54) is 0 Å². The molecule has 0 radical (unpaired) electrons. The summed E-state index contributed by atoms with van der Waals surface area (Å²) in [7, 11) is 0. The zero-order valence-corrected chi connectivity index (χ0v) is 12.2. The third-order valence-corrected chi connectivity index (χ3v) is 3.62. The number of fused-ring (bicyclic) bond motifs is 1. The van der Waals surface area contributed by atoms with Crippen molar-refractivity contribution in [2.24, 2.45) is 10.2 Å². The summed E-state index contributed by atoms with van der Waals surface area (Å²) < 4.78 is 0. The fourth-order valence-corrected chi connectivity index (χ4v) is 2.46. The van der Waals surface area contributed by atoms with Gasteiger partial charge in [0.05, 0.1) is 5.02 Å². The number of aryl methyl sites for hydroxylation is 1. The molecule has 0 bridgehead atoms. The number of halogens is 1. The quantitative estimate of drug-likeness (QED) is 0.586. The lowest BCUT2D eigenvalue weighted by Crippen LogP contribution is -1.77. The first-order valence-corrected chi connectivity index (χ1v) is 6.92. The van der Waals surface area contributed by atoms with Crippen LogP contribution in [-0.4, -0.2) is 5.11 Å². The van der Waals surface area contributed by atoms with Crippen LogP contribution in [0.25, 0.3) is 10.8 Å². The van der Waals surface area contributed by atoms with Gasteiger partial charge < -0.3 is 5.11 Å². The van der Waals surface area contributed by atoms with Gasteiger partial charge in [-0.25, -0.2) is 0 Å². The Morgan fingerprint density at radius 3 is 2.43 bits per heavy atom. The number of rotatable bonds is 2. The number of phenols is 1. The molecular formula is C17H13ClN2O. The molecule has 0 heterocycles. The van der Waals surface area contributed by atoms with Gasteiger partial charge in [0.1, 0.15) is 17.1 Å². The number of hydrogen-bond donors (Lipinski definition) is 1. The summed E-state index contributed by atoms with van der Waals surface area (Å²) in [6, 6.07) is 16.7. The second-order valence-corrected chi connectivity index (χ2v) is 5.17. The first kappa shape index (κ1) is 13.6. The summed E-state index contributed by atoms with van der Waals surface area (Å²) >= 11 is 6.14. The number of phenolic OH excluding ortho intramolecular Hbond substituents is 1. The molecule has 21 heavy (non-hydrogen) atoms. The lowest BCUT2D eigenvalue weighted by Gasteiger charge is -2.05. The van der Waals surface area contributed by atoms with E-state index in [0.717, 1.165) is 16.3 Å². The van der Waals surface area contributed by atoms with Gasteiger partial charge in [-0.15, -0.1) is 10.2 Å². The van der Waals surface area contributed by atoms with Crippen LogP contribution in [0.1, 0.15) is 5.56 Å². The molecule has 0 aliphatic heterocycles. The summed E-state index contributed by atoms with van der Waals surface area (Å²) in [6.07, 6.45) is 0. The Hall–Kier alpha value is -2.39. The van der Waals surface area contributed by atoms with Crippen LogP contribution in [-0.2, 0) is 0 Å². The molecule has 0 fully saturated rings. The molecule has 0 aromatic heterocycles. The Morgan fingerprint density at radius 1 is 0.857 bits per heavy atom. The van der Waals surface area contributed by atoms with Gasteiger partial charge in [0.15, 0.2) is 0 Å². The smallest absolute Gasteiger partial charge is 0.143 e. The van der Waals surface area contributed by atoms with Crippen molar-refractivity contribution in [1.82, 2.24) is 0 Å². The maximum Gasteiger partial charge on any atom is 0.143 e. The van der Waals surface area contributed by atoms with E-state index < -0.39 is 0 Å². The fourth-order valence-electron chi connectivity index (χ4n) is 2.20. The summed E-state index contributed by atoms with van der Waals surface area (Å²) in [5.41, 5.74) is 2.00. The monoisotopic (exact) mass is 296 g/mol. The second-order valence-electron chi connectivity index (χ2n) is 4.76. The molecule has 0 spiro atoms. The van der Waals surface area contributed by atoms with Crippen LogP contribution in [0.3, 0.4) is 0 Å². The van der Waals surface area contributed by atoms with Gasteiger partial charge in [0, 0.05) is 5.39 Å². The summed E-state index contributed by atoms with van der Waals surface area (Å²) in [5.74, 6) is 0.0992. The number of nitrogens with zero attached hydrogens (tertiary/aromatic N) is 2. The normalized spacial score (nSPS) is 11.3. The summed E-state index contributed by atoms with van der Waals surface area (Å²) in [6.45, 7) is 1.92. The van der Waals surface area contributed by atoms with E-state index >= 15 is 0 Å². The van der Waals surface area contributed by atoms with E-state index in [1.807, 2.05) is 49.4 Å². The predicted octanol–water partition coefficient (Wildman–Crippen LogP) is 5.92. The Balaban J connectivity index is 2.14. The molecule has 3 aromatic rings. The van der Waals surface area contributed by atoms with Crippen LogP contribution in [0.2, 0.25) is 5.02 Å². The number of aromatic hydroxyl groups is 1. The molecule has 104 valence electrons. The first-order chi connectivity index (χ1) is 10.2. The standard InChI is InChI=1S/C17H13ClN2O/c1-11-5-4-8-14(18)16(11)19-20-17-13-7-3-2-6-12(13)9-10-15(17)21/h2-10,21H,1H3. The molecular weight excluding hydrogens is 284 g/mol. The maximum atomic E-state index is 10.0. The molecule has 0 atom stereocenters.